The third kappa shape index (κ3) is 5.73. The number of carbonyl (C=O) groups is 2. The third-order valence-corrected chi connectivity index (χ3v) is 3.76. The van der Waals surface area contributed by atoms with Crippen LogP contribution in [0.1, 0.15) is 29.7 Å². The maximum absolute atomic E-state index is 12.1. The van der Waals surface area contributed by atoms with E-state index in [1.54, 1.807) is 31.6 Å². The molecule has 0 fully saturated rings. The summed E-state index contributed by atoms with van der Waals surface area (Å²) < 4.78 is 5.34. The van der Waals surface area contributed by atoms with Crippen LogP contribution in [0.15, 0.2) is 48.8 Å². The van der Waals surface area contributed by atoms with Crippen LogP contribution in [0.25, 0.3) is 6.08 Å². The summed E-state index contributed by atoms with van der Waals surface area (Å²) in [6, 6.07) is 9.18. The van der Waals surface area contributed by atoms with Crippen LogP contribution in [-0.4, -0.2) is 30.5 Å². The van der Waals surface area contributed by atoms with Gasteiger partial charge in [-0.1, -0.05) is 23.8 Å². The van der Waals surface area contributed by atoms with E-state index in [9.17, 15) is 9.59 Å². The number of ether oxygens (including phenoxy) is 1. The minimum absolute atomic E-state index is 0.102. The first kappa shape index (κ1) is 19.2. The minimum atomic E-state index is -0.343. The van der Waals surface area contributed by atoms with E-state index in [2.05, 4.69) is 15.6 Å². The smallest absolute Gasteiger partial charge is 0.244 e. The summed E-state index contributed by atoms with van der Waals surface area (Å²) in [5, 5.41) is 5.42. The second-order valence-electron chi connectivity index (χ2n) is 5.87. The van der Waals surface area contributed by atoms with Crippen LogP contribution >= 0.6 is 0 Å². The molecule has 2 N–H and O–H groups in total. The van der Waals surface area contributed by atoms with Gasteiger partial charge in [-0.15, -0.1) is 0 Å². The zero-order chi connectivity index (χ0) is 18.9. The van der Waals surface area contributed by atoms with Crippen LogP contribution < -0.4 is 15.4 Å². The molecule has 2 amide bonds. The molecule has 136 valence electrons. The highest BCUT2D eigenvalue weighted by molar-refractivity contribution is 5.94. The molecule has 0 bridgehead atoms. The van der Waals surface area contributed by atoms with Gasteiger partial charge >= 0.3 is 0 Å². The predicted molar refractivity (Wildman–Crippen MR) is 101 cm³/mol. The largest absolute Gasteiger partial charge is 0.496 e. The number of benzene rings is 1. The van der Waals surface area contributed by atoms with Crippen molar-refractivity contribution >= 4 is 17.9 Å². The standard InChI is InChI=1S/C20H23N3O3/c1-14-6-8-18(26-3)17(11-14)15(2)23-20(25)13-22-19(24)9-7-16-5-4-10-21-12-16/h4-12,15H,13H2,1-3H3,(H,22,24)(H,23,25)/b9-7-/t15-/m1/s1. The zero-order valence-corrected chi connectivity index (χ0v) is 15.2. The van der Waals surface area contributed by atoms with Gasteiger partial charge in [0, 0.05) is 24.0 Å². The van der Waals surface area contributed by atoms with Gasteiger partial charge in [-0.3, -0.25) is 14.6 Å². The number of amides is 2. The Morgan fingerprint density at radius 2 is 2.12 bits per heavy atom. The van der Waals surface area contributed by atoms with Gasteiger partial charge in [-0.25, -0.2) is 0 Å². The zero-order valence-electron chi connectivity index (χ0n) is 15.2. The van der Waals surface area contributed by atoms with E-state index < -0.39 is 0 Å². The van der Waals surface area contributed by atoms with Crippen molar-refractivity contribution in [2.45, 2.75) is 19.9 Å². The lowest BCUT2D eigenvalue weighted by atomic mass is 10.0. The van der Waals surface area contributed by atoms with Crippen molar-refractivity contribution in [3.8, 4) is 5.75 Å². The Balaban J connectivity index is 1.85. The van der Waals surface area contributed by atoms with Crippen LogP contribution in [0.2, 0.25) is 0 Å². The fraction of sp³-hybridized carbons (Fsp3) is 0.250. The Morgan fingerprint density at radius 3 is 2.81 bits per heavy atom. The molecule has 1 atom stereocenters. The lowest BCUT2D eigenvalue weighted by molar-refractivity contribution is -0.124. The highest BCUT2D eigenvalue weighted by Crippen LogP contribution is 2.25. The number of carbonyl (C=O) groups excluding carboxylic acids is 2. The van der Waals surface area contributed by atoms with E-state index in [1.165, 1.54) is 6.08 Å². The molecule has 26 heavy (non-hydrogen) atoms. The first-order chi connectivity index (χ1) is 12.5. The van der Waals surface area contributed by atoms with E-state index >= 15 is 0 Å². The molecular weight excluding hydrogens is 330 g/mol. The lowest BCUT2D eigenvalue weighted by Gasteiger charge is -2.18. The van der Waals surface area contributed by atoms with Crippen molar-refractivity contribution in [1.82, 2.24) is 15.6 Å². The maximum Gasteiger partial charge on any atom is 0.244 e. The van der Waals surface area contributed by atoms with Gasteiger partial charge in [0.15, 0.2) is 0 Å². The van der Waals surface area contributed by atoms with Crippen LogP contribution in [0.3, 0.4) is 0 Å². The molecule has 2 aromatic rings. The Bertz CT molecular complexity index is 788. The monoisotopic (exact) mass is 353 g/mol. The van der Waals surface area contributed by atoms with Gasteiger partial charge < -0.3 is 15.4 Å². The third-order valence-electron chi connectivity index (χ3n) is 3.76. The molecule has 0 radical (unpaired) electrons. The molecular formula is C20H23N3O3. The quantitative estimate of drug-likeness (QED) is 0.749. The molecule has 0 unspecified atom stereocenters. The SMILES string of the molecule is COc1ccc(C)cc1[C@@H](C)NC(=O)CNC(=O)/C=C\c1cccnc1. The normalized spacial score (nSPS) is 11.8. The molecule has 1 aromatic heterocycles. The van der Waals surface area contributed by atoms with Crippen LogP contribution in [-0.2, 0) is 9.59 Å². The number of hydrogen-bond acceptors (Lipinski definition) is 4. The summed E-state index contributed by atoms with van der Waals surface area (Å²) in [5.41, 5.74) is 2.78. The second kappa shape index (κ2) is 9.36. The molecule has 0 spiro atoms. The van der Waals surface area contributed by atoms with E-state index in [0.29, 0.717) is 5.75 Å². The van der Waals surface area contributed by atoms with Crippen molar-refractivity contribution in [2.75, 3.05) is 13.7 Å². The van der Waals surface area contributed by atoms with Gasteiger partial charge in [0.05, 0.1) is 19.7 Å². The van der Waals surface area contributed by atoms with Crippen molar-refractivity contribution in [1.29, 1.82) is 0 Å². The summed E-state index contributed by atoms with van der Waals surface area (Å²) in [4.78, 5) is 27.9. The molecule has 1 aromatic carbocycles. The Kier molecular flexibility index (Phi) is 6.91. The highest BCUT2D eigenvalue weighted by Gasteiger charge is 2.14. The predicted octanol–water partition coefficient (Wildman–Crippen LogP) is 2.41. The number of hydrogen-bond donors (Lipinski definition) is 2. The van der Waals surface area contributed by atoms with Gasteiger partial charge in [-0.2, -0.15) is 0 Å². The average Bonchev–Trinajstić information content (AvgIpc) is 2.65. The minimum Gasteiger partial charge on any atom is -0.496 e. The number of methoxy groups -OCH3 is 1. The molecule has 1 heterocycles. The van der Waals surface area contributed by atoms with Gasteiger partial charge in [0.2, 0.25) is 11.8 Å². The number of nitrogens with zero attached hydrogens (tertiary/aromatic N) is 1. The molecule has 0 saturated heterocycles. The highest BCUT2D eigenvalue weighted by atomic mass is 16.5. The summed E-state index contributed by atoms with van der Waals surface area (Å²) in [5.74, 6) is 0.0980. The lowest BCUT2D eigenvalue weighted by Crippen LogP contribution is -2.37. The summed E-state index contributed by atoms with van der Waals surface area (Å²) in [7, 11) is 1.59. The van der Waals surface area contributed by atoms with Gasteiger partial charge in [0.25, 0.3) is 0 Å². The molecule has 6 heteroatoms. The van der Waals surface area contributed by atoms with Crippen LogP contribution in [0, 0.1) is 6.92 Å². The van der Waals surface area contributed by atoms with Crippen molar-refractivity contribution < 1.29 is 14.3 Å². The van der Waals surface area contributed by atoms with E-state index in [4.69, 9.17) is 4.74 Å². The Morgan fingerprint density at radius 1 is 1.31 bits per heavy atom. The first-order valence-corrected chi connectivity index (χ1v) is 8.29. The fourth-order valence-corrected chi connectivity index (χ4v) is 2.44. The number of nitrogens with one attached hydrogen (secondary N) is 2. The maximum atomic E-state index is 12.1. The van der Waals surface area contributed by atoms with Crippen molar-refractivity contribution in [3.05, 3.63) is 65.5 Å². The second-order valence-corrected chi connectivity index (χ2v) is 5.87. The van der Waals surface area contributed by atoms with Crippen LogP contribution in [0.4, 0.5) is 0 Å². The molecule has 0 aliphatic rings. The van der Waals surface area contributed by atoms with Gasteiger partial charge in [-0.05, 0) is 37.6 Å². The topological polar surface area (TPSA) is 80.3 Å². The molecule has 0 saturated carbocycles. The summed E-state index contributed by atoms with van der Waals surface area (Å²) in [6.45, 7) is 3.75. The average molecular weight is 353 g/mol. The molecule has 0 aliphatic carbocycles. The van der Waals surface area contributed by atoms with E-state index in [-0.39, 0.29) is 24.4 Å². The number of rotatable bonds is 7. The van der Waals surface area contributed by atoms with Crippen LogP contribution in [0.5, 0.6) is 5.75 Å². The van der Waals surface area contributed by atoms with E-state index in [1.807, 2.05) is 38.1 Å². The van der Waals surface area contributed by atoms with Crippen molar-refractivity contribution in [2.24, 2.45) is 0 Å². The summed E-state index contributed by atoms with van der Waals surface area (Å²) >= 11 is 0. The van der Waals surface area contributed by atoms with E-state index in [0.717, 1.165) is 16.7 Å². The molecule has 2 rings (SSSR count). The summed E-state index contributed by atoms with van der Waals surface area (Å²) in [6.07, 6.45) is 6.32. The first-order valence-electron chi connectivity index (χ1n) is 8.29. The number of pyridine rings is 1. The molecule has 0 aliphatic heterocycles. The number of aryl methyl sites for hydroxylation is 1. The molecule has 6 nitrogen and oxygen atoms in total. The fourth-order valence-electron chi connectivity index (χ4n) is 2.44. The number of aromatic nitrogens is 1. The van der Waals surface area contributed by atoms with Crippen molar-refractivity contribution in [3.63, 3.8) is 0 Å². The Labute approximate surface area is 153 Å². The van der Waals surface area contributed by atoms with Gasteiger partial charge in [0.1, 0.15) is 5.75 Å². The Hall–Kier alpha value is -3.15.